The van der Waals surface area contributed by atoms with Crippen LogP contribution in [0.15, 0.2) is 42.5 Å². The molecule has 0 unspecified atom stereocenters. The van der Waals surface area contributed by atoms with Crippen molar-refractivity contribution in [1.29, 1.82) is 0 Å². The van der Waals surface area contributed by atoms with Crippen molar-refractivity contribution in [2.24, 2.45) is 0 Å². The Morgan fingerprint density at radius 1 is 1.12 bits per heavy atom. The Labute approximate surface area is 156 Å². The van der Waals surface area contributed by atoms with Gasteiger partial charge in [-0.1, -0.05) is 25.5 Å². The van der Waals surface area contributed by atoms with Crippen LogP contribution in [0.1, 0.15) is 55.1 Å². The number of nitrogens with one attached hydrogen (secondary N) is 1. The molecule has 4 heteroatoms. The Bertz CT molecular complexity index is 727. The van der Waals surface area contributed by atoms with Gasteiger partial charge in [-0.2, -0.15) is 0 Å². The number of amides is 1. The van der Waals surface area contributed by atoms with Gasteiger partial charge in [-0.05, 0) is 63.1 Å². The molecule has 1 N–H and O–H groups in total. The molecule has 0 bridgehead atoms. The van der Waals surface area contributed by atoms with E-state index in [0.717, 1.165) is 35.5 Å². The number of benzene rings is 2. The Morgan fingerprint density at radius 3 is 2.62 bits per heavy atom. The van der Waals surface area contributed by atoms with E-state index in [9.17, 15) is 4.79 Å². The van der Waals surface area contributed by atoms with Gasteiger partial charge in [0.1, 0.15) is 18.1 Å². The van der Waals surface area contributed by atoms with Gasteiger partial charge in [0, 0.05) is 17.2 Å². The predicted octanol–water partition coefficient (Wildman–Crippen LogP) is 4.89. The number of rotatable bonds is 9. The molecule has 0 heterocycles. The topological polar surface area (TPSA) is 47.6 Å². The molecule has 2 aromatic rings. The van der Waals surface area contributed by atoms with Crippen LogP contribution in [0.4, 0.5) is 0 Å². The van der Waals surface area contributed by atoms with Crippen LogP contribution in [0.3, 0.4) is 0 Å². The van der Waals surface area contributed by atoms with Crippen molar-refractivity contribution in [2.75, 3.05) is 6.61 Å². The van der Waals surface area contributed by atoms with E-state index < -0.39 is 0 Å². The fraction of sp³-hybridized carbons (Fsp3) is 0.409. The lowest BCUT2D eigenvalue weighted by Gasteiger charge is -2.15. The molecule has 0 aromatic heterocycles. The molecule has 26 heavy (non-hydrogen) atoms. The van der Waals surface area contributed by atoms with Gasteiger partial charge in [0.2, 0.25) is 0 Å². The zero-order valence-electron chi connectivity index (χ0n) is 16.2. The van der Waals surface area contributed by atoms with Crippen LogP contribution in [0.25, 0.3) is 0 Å². The molecule has 0 aliphatic carbocycles. The first-order valence-corrected chi connectivity index (χ1v) is 9.29. The summed E-state index contributed by atoms with van der Waals surface area (Å²) >= 11 is 0. The second-order valence-electron chi connectivity index (χ2n) is 6.52. The molecule has 0 aliphatic rings. The lowest BCUT2D eigenvalue weighted by Crippen LogP contribution is -2.32. The Hall–Kier alpha value is -2.49. The van der Waals surface area contributed by atoms with Crippen LogP contribution in [-0.2, 0) is 6.61 Å². The molecular formula is C22H29NO3. The van der Waals surface area contributed by atoms with E-state index in [4.69, 9.17) is 9.47 Å². The quantitative estimate of drug-likeness (QED) is 0.696. The van der Waals surface area contributed by atoms with Gasteiger partial charge in [-0.3, -0.25) is 4.79 Å². The fourth-order valence-electron chi connectivity index (χ4n) is 2.81. The SMILES string of the molecule is CCC[C@@H](C)NC(=O)c1ccc(OCC)c(COc2cccc(C)c2)c1. The van der Waals surface area contributed by atoms with Crippen LogP contribution in [0, 0.1) is 6.92 Å². The summed E-state index contributed by atoms with van der Waals surface area (Å²) in [6.45, 7) is 9.03. The van der Waals surface area contributed by atoms with Gasteiger partial charge < -0.3 is 14.8 Å². The summed E-state index contributed by atoms with van der Waals surface area (Å²) in [5.74, 6) is 1.49. The maximum absolute atomic E-state index is 12.5. The molecule has 2 aromatic carbocycles. The van der Waals surface area contributed by atoms with Crippen molar-refractivity contribution >= 4 is 5.91 Å². The minimum atomic E-state index is -0.0641. The summed E-state index contributed by atoms with van der Waals surface area (Å²) in [5.41, 5.74) is 2.63. The van der Waals surface area contributed by atoms with Gasteiger partial charge in [0.15, 0.2) is 0 Å². The van der Waals surface area contributed by atoms with Gasteiger partial charge in [0.25, 0.3) is 5.91 Å². The highest BCUT2D eigenvalue weighted by molar-refractivity contribution is 5.94. The van der Waals surface area contributed by atoms with Crippen molar-refractivity contribution in [3.05, 3.63) is 59.2 Å². The minimum Gasteiger partial charge on any atom is -0.493 e. The molecule has 0 aliphatic heterocycles. The van der Waals surface area contributed by atoms with E-state index in [1.807, 2.05) is 57.2 Å². The van der Waals surface area contributed by atoms with E-state index >= 15 is 0 Å². The highest BCUT2D eigenvalue weighted by Gasteiger charge is 2.13. The average molecular weight is 355 g/mol. The second kappa shape index (κ2) is 9.85. The molecule has 0 radical (unpaired) electrons. The molecule has 140 valence electrons. The lowest BCUT2D eigenvalue weighted by molar-refractivity contribution is 0.0938. The van der Waals surface area contributed by atoms with Crippen molar-refractivity contribution < 1.29 is 14.3 Å². The van der Waals surface area contributed by atoms with Crippen LogP contribution < -0.4 is 14.8 Å². The van der Waals surface area contributed by atoms with Gasteiger partial charge in [-0.25, -0.2) is 0 Å². The molecule has 1 amide bonds. The van der Waals surface area contributed by atoms with Gasteiger partial charge in [0.05, 0.1) is 6.61 Å². The monoisotopic (exact) mass is 355 g/mol. The van der Waals surface area contributed by atoms with E-state index in [1.54, 1.807) is 6.07 Å². The first-order valence-electron chi connectivity index (χ1n) is 9.29. The maximum Gasteiger partial charge on any atom is 0.251 e. The molecule has 0 fully saturated rings. The van der Waals surface area contributed by atoms with Crippen LogP contribution in [0.5, 0.6) is 11.5 Å². The molecule has 0 saturated heterocycles. The zero-order valence-corrected chi connectivity index (χ0v) is 16.2. The molecule has 0 saturated carbocycles. The summed E-state index contributed by atoms with van der Waals surface area (Å²) in [6, 6.07) is 13.6. The van der Waals surface area contributed by atoms with Gasteiger partial charge in [-0.15, -0.1) is 0 Å². The van der Waals surface area contributed by atoms with Crippen molar-refractivity contribution in [3.63, 3.8) is 0 Å². The highest BCUT2D eigenvalue weighted by atomic mass is 16.5. The number of carbonyl (C=O) groups excluding carboxylic acids is 1. The molecule has 2 rings (SSSR count). The molecule has 1 atom stereocenters. The molecule has 4 nitrogen and oxygen atoms in total. The second-order valence-corrected chi connectivity index (χ2v) is 6.52. The molecular weight excluding hydrogens is 326 g/mol. The van der Waals surface area contributed by atoms with E-state index in [1.165, 1.54) is 0 Å². The fourth-order valence-corrected chi connectivity index (χ4v) is 2.81. The summed E-state index contributed by atoms with van der Waals surface area (Å²) < 4.78 is 11.6. The van der Waals surface area contributed by atoms with E-state index in [0.29, 0.717) is 18.8 Å². The first kappa shape index (κ1) is 19.8. The first-order chi connectivity index (χ1) is 12.5. The number of carbonyl (C=O) groups is 1. The van der Waals surface area contributed by atoms with Crippen molar-refractivity contribution in [3.8, 4) is 11.5 Å². The van der Waals surface area contributed by atoms with E-state index in [-0.39, 0.29) is 11.9 Å². The summed E-state index contributed by atoms with van der Waals surface area (Å²) in [4.78, 5) is 12.5. The summed E-state index contributed by atoms with van der Waals surface area (Å²) in [7, 11) is 0. The lowest BCUT2D eigenvalue weighted by atomic mass is 10.1. The van der Waals surface area contributed by atoms with Crippen LogP contribution in [-0.4, -0.2) is 18.6 Å². The van der Waals surface area contributed by atoms with Crippen molar-refractivity contribution in [1.82, 2.24) is 5.32 Å². The largest absolute Gasteiger partial charge is 0.493 e. The number of aryl methyl sites for hydroxylation is 1. The Morgan fingerprint density at radius 2 is 1.92 bits per heavy atom. The average Bonchev–Trinajstić information content (AvgIpc) is 2.61. The number of hydrogen-bond acceptors (Lipinski definition) is 3. The smallest absolute Gasteiger partial charge is 0.251 e. The van der Waals surface area contributed by atoms with Crippen LogP contribution in [0.2, 0.25) is 0 Å². The third kappa shape index (κ3) is 5.80. The maximum atomic E-state index is 12.5. The van der Waals surface area contributed by atoms with Crippen LogP contribution >= 0.6 is 0 Å². The van der Waals surface area contributed by atoms with Crippen molar-refractivity contribution in [2.45, 2.75) is 53.2 Å². The normalized spacial score (nSPS) is 11.7. The Balaban J connectivity index is 2.15. The number of hydrogen-bond donors (Lipinski definition) is 1. The molecule has 0 spiro atoms. The highest BCUT2D eigenvalue weighted by Crippen LogP contribution is 2.23. The summed E-state index contributed by atoms with van der Waals surface area (Å²) in [5, 5.41) is 3.04. The summed E-state index contributed by atoms with van der Waals surface area (Å²) in [6.07, 6.45) is 2.01. The van der Waals surface area contributed by atoms with E-state index in [2.05, 4.69) is 12.2 Å². The minimum absolute atomic E-state index is 0.0641. The van der Waals surface area contributed by atoms with Gasteiger partial charge >= 0.3 is 0 Å². The predicted molar refractivity (Wildman–Crippen MR) is 105 cm³/mol. The zero-order chi connectivity index (χ0) is 18.9. The third-order valence-electron chi connectivity index (χ3n) is 4.11. The standard InChI is InChI=1S/C22H29NO3/c1-5-8-17(4)23-22(24)18-11-12-21(25-6-2)19(14-18)15-26-20-10-7-9-16(3)13-20/h7,9-14,17H,5-6,8,15H2,1-4H3,(H,23,24)/t17-/m1/s1. The number of ether oxygens (including phenoxy) is 2. The third-order valence-corrected chi connectivity index (χ3v) is 4.11. The Kier molecular flexibility index (Phi) is 7.52.